The topological polar surface area (TPSA) is 113 Å². The van der Waals surface area contributed by atoms with E-state index in [0.717, 1.165) is 42.5 Å². The molecule has 2 amide bonds. The van der Waals surface area contributed by atoms with Crippen LogP contribution in [-0.2, 0) is 12.8 Å². The summed E-state index contributed by atoms with van der Waals surface area (Å²) in [5.74, 6) is -1.69. The highest BCUT2D eigenvalue weighted by molar-refractivity contribution is 7.17. The lowest BCUT2D eigenvalue weighted by molar-refractivity contribution is 0.100. The smallest absolute Gasteiger partial charge is 0.256 e. The molecule has 5 N–H and O–H groups in total. The Labute approximate surface area is 142 Å². The summed E-state index contributed by atoms with van der Waals surface area (Å²) in [6.45, 7) is 0. The lowest BCUT2D eigenvalue weighted by atomic mass is 10.1. The molecule has 0 aliphatic heterocycles. The summed E-state index contributed by atoms with van der Waals surface area (Å²) in [5.41, 5.74) is 7.07. The van der Waals surface area contributed by atoms with E-state index in [-0.39, 0.29) is 17.1 Å². The molecular weight excluding hydrogens is 328 g/mol. The van der Waals surface area contributed by atoms with E-state index in [2.05, 4.69) is 5.32 Å². The number of anilines is 1. The zero-order chi connectivity index (χ0) is 17.3. The van der Waals surface area contributed by atoms with E-state index in [1.165, 1.54) is 29.5 Å². The van der Waals surface area contributed by atoms with Gasteiger partial charge in [0.2, 0.25) is 0 Å². The van der Waals surface area contributed by atoms with Gasteiger partial charge in [-0.15, -0.1) is 11.3 Å². The molecule has 0 spiro atoms. The Balaban J connectivity index is 1.93. The van der Waals surface area contributed by atoms with Gasteiger partial charge in [0.05, 0.1) is 5.56 Å². The number of thiophene rings is 1. The zero-order valence-electron chi connectivity index (χ0n) is 13.0. The number of primary amides is 1. The van der Waals surface area contributed by atoms with Crippen LogP contribution in [0.3, 0.4) is 0 Å². The van der Waals surface area contributed by atoms with Crippen LogP contribution in [0.2, 0.25) is 0 Å². The molecule has 0 bridgehead atoms. The van der Waals surface area contributed by atoms with Gasteiger partial charge in [-0.2, -0.15) is 0 Å². The summed E-state index contributed by atoms with van der Waals surface area (Å²) in [6.07, 6.45) is 4.86. The van der Waals surface area contributed by atoms with Gasteiger partial charge >= 0.3 is 0 Å². The number of fused-ring (bicyclic) bond motifs is 1. The van der Waals surface area contributed by atoms with Gasteiger partial charge in [-0.25, -0.2) is 0 Å². The molecule has 2 aromatic rings. The second-order valence-corrected chi connectivity index (χ2v) is 6.90. The van der Waals surface area contributed by atoms with Crippen molar-refractivity contribution in [1.82, 2.24) is 0 Å². The Kier molecular flexibility index (Phi) is 4.44. The second kappa shape index (κ2) is 6.52. The lowest BCUT2D eigenvalue weighted by Crippen LogP contribution is -2.18. The number of aromatic hydroxyl groups is 2. The van der Waals surface area contributed by atoms with Crippen LogP contribution in [0, 0.1) is 0 Å². The van der Waals surface area contributed by atoms with Crippen molar-refractivity contribution in [1.29, 1.82) is 0 Å². The normalized spacial score (nSPS) is 13.8. The fourth-order valence-electron chi connectivity index (χ4n) is 2.93. The van der Waals surface area contributed by atoms with Crippen molar-refractivity contribution in [3.8, 4) is 11.5 Å². The molecule has 0 saturated heterocycles. The molecule has 24 heavy (non-hydrogen) atoms. The average Bonchev–Trinajstić information content (AvgIpc) is 2.71. The maximum atomic E-state index is 12.4. The van der Waals surface area contributed by atoms with E-state index < -0.39 is 11.8 Å². The molecule has 7 heteroatoms. The van der Waals surface area contributed by atoms with Gasteiger partial charge in [0.25, 0.3) is 11.8 Å². The summed E-state index contributed by atoms with van der Waals surface area (Å²) < 4.78 is 0. The standard InChI is InChI=1S/C17H18N2O4S/c18-15(22)14-10-4-2-1-3-5-13(10)24-17(14)19-16(23)9-6-7-11(20)12(21)8-9/h6-8,20-21H,1-5H2,(H2,18,22)(H,19,23). The summed E-state index contributed by atoms with van der Waals surface area (Å²) in [5, 5.41) is 22.0. The summed E-state index contributed by atoms with van der Waals surface area (Å²) in [7, 11) is 0. The average molecular weight is 346 g/mol. The molecule has 126 valence electrons. The molecule has 1 aromatic heterocycles. The van der Waals surface area contributed by atoms with Gasteiger partial charge in [0.1, 0.15) is 5.00 Å². The van der Waals surface area contributed by atoms with Crippen molar-refractivity contribution in [2.45, 2.75) is 32.1 Å². The predicted octanol–water partition coefficient (Wildman–Crippen LogP) is 2.78. The molecular formula is C17H18N2O4S. The molecule has 0 radical (unpaired) electrons. The van der Waals surface area contributed by atoms with E-state index in [1.807, 2.05) is 0 Å². The molecule has 1 aliphatic rings. The van der Waals surface area contributed by atoms with Crippen LogP contribution < -0.4 is 11.1 Å². The van der Waals surface area contributed by atoms with E-state index in [4.69, 9.17) is 5.73 Å². The number of benzene rings is 1. The van der Waals surface area contributed by atoms with Crippen LogP contribution in [0.1, 0.15) is 50.4 Å². The van der Waals surface area contributed by atoms with Gasteiger partial charge < -0.3 is 21.3 Å². The number of carbonyl (C=O) groups is 2. The van der Waals surface area contributed by atoms with Crippen molar-refractivity contribution in [3.63, 3.8) is 0 Å². The van der Waals surface area contributed by atoms with Crippen molar-refractivity contribution < 1.29 is 19.8 Å². The summed E-state index contributed by atoms with van der Waals surface area (Å²) >= 11 is 1.39. The SMILES string of the molecule is NC(=O)c1c(NC(=O)c2ccc(O)c(O)c2)sc2c1CCCCC2. The summed E-state index contributed by atoms with van der Waals surface area (Å²) in [4.78, 5) is 25.4. The van der Waals surface area contributed by atoms with Crippen molar-refractivity contribution in [3.05, 3.63) is 39.8 Å². The number of amides is 2. The number of phenolic OH excluding ortho intramolecular Hbond substituents is 2. The lowest BCUT2D eigenvalue weighted by Gasteiger charge is -2.07. The maximum absolute atomic E-state index is 12.4. The first-order valence-corrected chi connectivity index (χ1v) is 8.56. The fourth-order valence-corrected chi connectivity index (χ4v) is 4.22. The first-order valence-electron chi connectivity index (χ1n) is 7.75. The zero-order valence-corrected chi connectivity index (χ0v) is 13.8. The van der Waals surface area contributed by atoms with Gasteiger partial charge in [0, 0.05) is 10.4 Å². The van der Waals surface area contributed by atoms with Crippen LogP contribution in [0.25, 0.3) is 0 Å². The van der Waals surface area contributed by atoms with Crippen molar-refractivity contribution >= 4 is 28.2 Å². The Morgan fingerprint density at radius 1 is 1.08 bits per heavy atom. The predicted molar refractivity (Wildman–Crippen MR) is 91.8 cm³/mol. The molecule has 0 fully saturated rings. The molecule has 0 atom stereocenters. The molecule has 0 unspecified atom stereocenters. The molecule has 1 aliphatic carbocycles. The number of hydrogen-bond donors (Lipinski definition) is 4. The third kappa shape index (κ3) is 3.07. The third-order valence-electron chi connectivity index (χ3n) is 4.13. The van der Waals surface area contributed by atoms with Gasteiger partial charge in [-0.05, 0) is 49.4 Å². The first kappa shape index (κ1) is 16.3. The largest absolute Gasteiger partial charge is 0.504 e. The number of phenols is 2. The Bertz CT molecular complexity index is 813. The van der Waals surface area contributed by atoms with E-state index >= 15 is 0 Å². The van der Waals surface area contributed by atoms with Crippen LogP contribution >= 0.6 is 11.3 Å². The van der Waals surface area contributed by atoms with Crippen molar-refractivity contribution in [2.75, 3.05) is 5.32 Å². The molecule has 1 aromatic carbocycles. The molecule has 1 heterocycles. The van der Waals surface area contributed by atoms with Crippen LogP contribution in [0.5, 0.6) is 11.5 Å². The highest BCUT2D eigenvalue weighted by Gasteiger charge is 2.24. The fraction of sp³-hybridized carbons (Fsp3) is 0.294. The Morgan fingerprint density at radius 3 is 2.54 bits per heavy atom. The van der Waals surface area contributed by atoms with Gasteiger partial charge in [-0.1, -0.05) is 6.42 Å². The highest BCUT2D eigenvalue weighted by Crippen LogP contribution is 2.37. The van der Waals surface area contributed by atoms with E-state index in [9.17, 15) is 19.8 Å². The maximum Gasteiger partial charge on any atom is 0.256 e. The summed E-state index contributed by atoms with van der Waals surface area (Å²) in [6, 6.07) is 3.81. The van der Waals surface area contributed by atoms with E-state index in [0.29, 0.717) is 10.6 Å². The van der Waals surface area contributed by atoms with Crippen LogP contribution in [0.4, 0.5) is 5.00 Å². The van der Waals surface area contributed by atoms with E-state index in [1.54, 1.807) is 0 Å². The quantitative estimate of drug-likeness (QED) is 0.505. The Hall–Kier alpha value is -2.54. The van der Waals surface area contributed by atoms with Gasteiger partial charge in [0.15, 0.2) is 11.5 Å². The number of nitrogens with two attached hydrogens (primary N) is 1. The molecule has 0 saturated carbocycles. The van der Waals surface area contributed by atoms with Gasteiger partial charge in [-0.3, -0.25) is 9.59 Å². The number of carbonyl (C=O) groups excluding carboxylic acids is 2. The second-order valence-electron chi connectivity index (χ2n) is 5.79. The van der Waals surface area contributed by atoms with Crippen LogP contribution in [0.15, 0.2) is 18.2 Å². The number of rotatable bonds is 3. The minimum absolute atomic E-state index is 0.185. The molecule has 3 rings (SSSR count). The number of nitrogens with one attached hydrogen (secondary N) is 1. The monoisotopic (exact) mass is 346 g/mol. The minimum atomic E-state index is -0.543. The molecule has 6 nitrogen and oxygen atoms in total. The van der Waals surface area contributed by atoms with Crippen molar-refractivity contribution in [2.24, 2.45) is 5.73 Å². The Morgan fingerprint density at radius 2 is 1.83 bits per heavy atom. The minimum Gasteiger partial charge on any atom is -0.504 e. The first-order chi connectivity index (χ1) is 11.5. The number of hydrogen-bond acceptors (Lipinski definition) is 5. The number of aryl methyl sites for hydroxylation is 1. The van der Waals surface area contributed by atoms with Crippen LogP contribution in [-0.4, -0.2) is 22.0 Å². The highest BCUT2D eigenvalue weighted by atomic mass is 32.1. The third-order valence-corrected chi connectivity index (χ3v) is 5.34.